The highest BCUT2D eigenvalue weighted by Crippen LogP contribution is 2.64. The normalized spacial score (nSPS) is 16.4. The molecule has 1 atom stereocenters. The Morgan fingerprint density at radius 3 is 1.60 bits per heavy atom. The quantitative estimate of drug-likeness (QED) is 0.178. The van der Waals surface area contributed by atoms with Crippen molar-refractivity contribution in [3.63, 3.8) is 0 Å². The molecule has 1 aliphatic heterocycles. The van der Waals surface area contributed by atoms with Crippen molar-refractivity contribution in [2.45, 2.75) is 10.8 Å². The molecule has 0 aromatic heterocycles. The van der Waals surface area contributed by atoms with Crippen LogP contribution in [0.4, 0.5) is 0 Å². The molecule has 12 rings (SSSR count). The van der Waals surface area contributed by atoms with Gasteiger partial charge in [-0.3, -0.25) is 0 Å². The van der Waals surface area contributed by atoms with E-state index in [9.17, 15) is 0 Å². The van der Waals surface area contributed by atoms with Crippen LogP contribution in [-0.2, 0) is 10.8 Å². The zero-order valence-electron chi connectivity index (χ0n) is 30.0. The van der Waals surface area contributed by atoms with Crippen LogP contribution in [0.2, 0.25) is 0 Å². The Morgan fingerprint density at radius 2 is 0.855 bits per heavy atom. The summed E-state index contributed by atoms with van der Waals surface area (Å²) in [6, 6.07) is 76.2. The van der Waals surface area contributed by atoms with Crippen LogP contribution in [0.3, 0.4) is 0 Å². The summed E-state index contributed by atoms with van der Waals surface area (Å²) in [5.41, 5.74) is 16.6. The fourth-order valence-electron chi connectivity index (χ4n) is 10.6. The second-order valence-electron chi connectivity index (χ2n) is 15.1. The Bertz CT molecular complexity index is 2960. The zero-order valence-corrected chi connectivity index (χ0v) is 30.0. The van der Waals surface area contributed by atoms with Crippen molar-refractivity contribution in [2.24, 2.45) is 0 Å². The largest absolute Gasteiger partial charge is 0.457 e. The maximum absolute atomic E-state index is 6.85. The molecule has 3 aliphatic rings. The maximum Gasteiger partial charge on any atom is 0.132 e. The van der Waals surface area contributed by atoms with E-state index in [4.69, 9.17) is 4.74 Å². The smallest absolute Gasteiger partial charge is 0.132 e. The Hall–Kier alpha value is -6.96. The Labute approximate surface area is 320 Å². The first kappa shape index (κ1) is 30.5. The van der Waals surface area contributed by atoms with E-state index in [1.165, 1.54) is 83.1 Å². The summed E-state index contributed by atoms with van der Waals surface area (Å²) < 4.78 is 6.85. The summed E-state index contributed by atoms with van der Waals surface area (Å²) >= 11 is 0. The van der Waals surface area contributed by atoms with Crippen molar-refractivity contribution >= 4 is 10.8 Å². The molecular weight excluding hydrogens is 665 g/mol. The third-order valence-corrected chi connectivity index (χ3v) is 12.6. The number of hydrogen-bond donors (Lipinski definition) is 0. The molecule has 1 heterocycles. The second kappa shape index (κ2) is 11.3. The Kier molecular flexibility index (Phi) is 6.25. The molecule has 0 saturated heterocycles. The third-order valence-electron chi connectivity index (χ3n) is 12.6. The van der Waals surface area contributed by atoms with Crippen LogP contribution in [0.5, 0.6) is 11.5 Å². The number of ether oxygens (including phenoxy) is 1. The predicted molar refractivity (Wildman–Crippen MR) is 224 cm³/mol. The van der Waals surface area contributed by atoms with Gasteiger partial charge >= 0.3 is 0 Å². The summed E-state index contributed by atoms with van der Waals surface area (Å²) in [5, 5.41) is 2.55. The monoisotopic (exact) mass is 698 g/mol. The lowest BCUT2D eigenvalue weighted by atomic mass is 9.64. The summed E-state index contributed by atoms with van der Waals surface area (Å²) in [5.74, 6) is 1.81. The summed E-state index contributed by atoms with van der Waals surface area (Å²) in [7, 11) is 0. The molecule has 256 valence electrons. The predicted octanol–water partition coefficient (Wildman–Crippen LogP) is 13.3. The fourth-order valence-corrected chi connectivity index (χ4v) is 10.6. The lowest BCUT2D eigenvalue weighted by Gasteiger charge is -2.40. The maximum atomic E-state index is 6.85. The van der Waals surface area contributed by atoms with Crippen LogP contribution < -0.4 is 4.74 Å². The molecule has 0 saturated carbocycles. The zero-order chi connectivity index (χ0) is 36.1. The van der Waals surface area contributed by atoms with Gasteiger partial charge in [-0.25, -0.2) is 0 Å². The average molecular weight is 699 g/mol. The molecule has 0 bridgehead atoms. The van der Waals surface area contributed by atoms with Crippen molar-refractivity contribution < 1.29 is 4.74 Å². The van der Waals surface area contributed by atoms with Gasteiger partial charge in [-0.05, 0) is 89.7 Å². The minimum absolute atomic E-state index is 0.488. The van der Waals surface area contributed by atoms with E-state index in [1.807, 2.05) is 0 Å². The van der Waals surface area contributed by atoms with Gasteiger partial charge in [0.2, 0.25) is 0 Å². The van der Waals surface area contributed by atoms with E-state index < -0.39 is 10.8 Å². The van der Waals surface area contributed by atoms with Crippen LogP contribution in [0, 0.1) is 0 Å². The highest BCUT2D eigenvalue weighted by molar-refractivity contribution is 6.04. The van der Waals surface area contributed by atoms with Crippen molar-refractivity contribution in [1.82, 2.24) is 0 Å². The molecule has 1 heteroatoms. The first-order valence-corrected chi connectivity index (χ1v) is 19.2. The van der Waals surface area contributed by atoms with Crippen LogP contribution in [0.1, 0.15) is 44.5 Å². The van der Waals surface area contributed by atoms with Gasteiger partial charge in [0.1, 0.15) is 11.5 Å². The number of para-hydroxylation sites is 1. The number of rotatable bonds is 3. The average Bonchev–Trinajstić information content (AvgIpc) is 3.73. The van der Waals surface area contributed by atoms with Crippen molar-refractivity contribution in [3.05, 3.63) is 251 Å². The molecule has 0 amide bonds. The van der Waals surface area contributed by atoms with E-state index in [0.717, 1.165) is 17.1 Å². The van der Waals surface area contributed by atoms with Gasteiger partial charge in [-0.1, -0.05) is 194 Å². The van der Waals surface area contributed by atoms with Gasteiger partial charge in [0.25, 0.3) is 0 Å². The van der Waals surface area contributed by atoms with Gasteiger partial charge in [0, 0.05) is 11.1 Å². The van der Waals surface area contributed by atoms with Gasteiger partial charge in [-0.2, -0.15) is 0 Å². The summed E-state index contributed by atoms with van der Waals surface area (Å²) in [6.45, 7) is 0. The first-order chi connectivity index (χ1) is 27.3. The van der Waals surface area contributed by atoms with Crippen molar-refractivity contribution in [1.29, 1.82) is 0 Å². The van der Waals surface area contributed by atoms with Gasteiger partial charge in [-0.15, -0.1) is 0 Å². The first-order valence-electron chi connectivity index (χ1n) is 19.2. The minimum Gasteiger partial charge on any atom is -0.457 e. The van der Waals surface area contributed by atoms with E-state index in [0.29, 0.717) is 0 Å². The summed E-state index contributed by atoms with van der Waals surface area (Å²) in [6.07, 6.45) is 0. The second-order valence-corrected chi connectivity index (χ2v) is 15.1. The van der Waals surface area contributed by atoms with E-state index >= 15 is 0 Å². The van der Waals surface area contributed by atoms with Gasteiger partial charge in [0.05, 0.1) is 10.8 Å². The minimum atomic E-state index is -0.539. The van der Waals surface area contributed by atoms with Crippen LogP contribution in [0.25, 0.3) is 44.2 Å². The SMILES string of the molecule is c1ccc(C2(c3ccc(-c4cccc5c4C4(c6ccccc6O5)c5ccccc5-c5ccccc54)cc3)c3ccccc3-c3c2ccc2ccccc32)cc1. The number of hydrogen-bond acceptors (Lipinski definition) is 1. The van der Waals surface area contributed by atoms with Gasteiger partial charge in [0.15, 0.2) is 0 Å². The number of fused-ring (bicyclic) bond motifs is 14. The standard InChI is InChI=1S/C54H34O/c1-2-16-37(17-3-1)53(46-25-11-8-21-43(46)51-39-18-5-4-15-35(39)31-34-48(51)53)38-32-29-36(30-33-38)40-22-14-28-50-52(40)54(47-26-12-13-27-49(47)55-50)44-23-9-6-19-41(44)42-20-7-10-24-45(42)54/h1-34H. The number of benzene rings is 9. The summed E-state index contributed by atoms with van der Waals surface area (Å²) in [4.78, 5) is 0. The van der Waals surface area contributed by atoms with E-state index in [-0.39, 0.29) is 0 Å². The van der Waals surface area contributed by atoms with E-state index in [1.54, 1.807) is 0 Å². The van der Waals surface area contributed by atoms with Gasteiger partial charge < -0.3 is 4.74 Å². The Balaban J connectivity index is 1.12. The van der Waals surface area contributed by atoms with Crippen LogP contribution >= 0.6 is 0 Å². The van der Waals surface area contributed by atoms with Crippen LogP contribution in [-0.4, -0.2) is 0 Å². The van der Waals surface area contributed by atoms with Crippen LogP contribution in [0.15, 0.2) is 206 Å². The van der Waals surface area contributed by atoms with E-state index in [2.05, 4.69) is 206 Å². The lowest BCUT2D eigenvalue weighted by Crippen LogP contribution is -2.32. The molecule has 55 heavy (non-hydrogen) atoms. The molecule has 1 nitrogen and oxygen atoms in total. The highest BCUT2D eigenvalue weighted by atomic mass is 16.5. The molecule has 9 aromatic carbocycles. The Morgan fingerprint density at radius 1 is 0.309 bits per heavy atom. The molecule has 9 aromatic rings. The molecule has 2 aliphatic carbocycles. The third kappa shape index (κ3) is 3.87. The molecule has 0 N–H and O–H groups in total. The van der Waals surface area contributed by atoms with Crippen molar-refractivity contribution in [2.75, 3.05) is 0 Å². The highest BCUT2D eigenvalue weighted by Gasteiger charge is 2.52. The topological polar surface area (TPSA) is 9.23 Å². The molecule has 1 unspecified atom stereocenters. The molecule has 1 spiro atoms. The molecule has 0 fully saturated rings. The molecule has 0 radical (unpaired) electrons. The van der Waals surface area contributed by atoms with Crippen molar-refractivity contribution in [3.8, 4) is 44.9 Å². The lowest BCUT2D eigenvalue weighted by molar-refractivity contribution is 0.437. The molecular formula is C54H34O. The fraction of sp³-hybridized carbons (Fsp3) is 0.0370.